The molecule has 2 nitrogen and oxygen atoms in total. The average molecular weight is 259 g/mol. The van der Waals surface area contributed by atoms with Crippen LogP contribution in [0.3, 0.4) is 0 Å². The van der Waals surface area contributed by atoms with Gasteiger partial charge in [-0.1, -0.05) is 0 Å². The quantitative estimate of drug-likeness (QED) is 0.797. The number of aliphatic hydroxyl groups is 1. The van der Waals surface area contributed by atoms with Gasteiger partial charge in [-0.25, -0.2) is 8.78 Å². The fourth-order valence-electron chi connectivity index (χ4n) is 1.76. The summed E-state index contributed by atoms with van der Waals surface area (Å²) < 4.78 is 26.1. The highest BCUT2D eigenvalue weighted by atomic mass is 32.2. The summed E-state index contributed by atoms with van der Waals surface area (Å²) in [7, 11) is 0. The molecule has 0 aliphatic heterocycles. The van der Waals surface area contributed by atoms with Crippen LogP contribution in [0, 0.1) is 17.6 Å². The van der Waals surface area contributed by atoms with Crippen molar-refractivity contribution in [3.63, 3.8) is 0 Å². The Hall–Kier alpha value is -0.650. The van der Waals surface area contributed by atoms with Gasteiger partial charge in [-0.2, -0.15) is 0 Å². The topological polar surface area (TPSA) is 46.2 Å². The summed E-state index contributed by atoms with van der Waals surface area (Å²) in [6, 6.07) is 3.48. The van der Waals surface area contributed by atoms with Gasteiger partial charge in [0.2, 0.25) is 0 Å². The minimum atomic E-state index is -0.647. The van der Waals surface area contributed by atoms with Crippen LogP contribution in [0.4, 0.5) is 8.78 Å². The Morgan fingerprint density at radius 2 is 2.12 bits per heavy atom. The molecule has 17 heavy (non-hydrogen) atoms. The SMILES string of the molecule is NC(CO)(CSc1ccc(F)cc1F)C1CC1. The average Bonchev–Trinajstić information content (AvgIpc) is 3.11. The summed E-state index contributed by atoms with van der Waals surface area (Å²) in [6.45, 7) is -0.104. The van der Waals surface area contributed by atoms with Crippen LogP contribution < -0.4 is 5.73 Å². The van der Waals surface area contributed by atoms with Gasteiger partial charge in [-0.3, -0.25) is 0 Å². The predicted octanol–water partition coefficient (Wildman–Crippen LogP) is 2.16. The van der Waals surface area contributed by atoms with Crippen molar-refractivity contribution >= 4 is 11.8 Å². The Morgan fingerprint density at radius 1 is 1.41 bits per heavy atom. The van der Waals surface area contributed by atoms with Crippen LogP contribution in [0.2, 0.25) is 0 Å². The van der Waals surface area contributed by atoms with Gasteiger partial charge < -0.3 is 10.8 Å². The molecule has 1 unspecified atom stereocenters. The lowest BCUT2D eigenvalue weighted by Gasteiger charge is -2.26. The van der Waals surface area contributed by atoms with Crippen molar-refractivity contribution in [3.05, 3.63) is 29.8 Å². The van der Waals surface area contributed by atoms with E-state index in [0.29, 0.717) is 16.6 Å². The van der Waals surface area contributed by atoms with E-state index in [1.165, 1.54) is 23.9 Å². The van der Waals surface area contributed by atoms with Gasteiger partial charge in [0.05, 0.1) is 12.1 Å². The largest absolute Gasteiger partial charge is 0.394 e. The molecule has 1 aromatic carbocycles. The highest BCUT2D eigenvalue weighted by molar-refractivity contribution is 7.99. The predicted molar refractivity (Wildman–Crippen MR) is 63.8 cm³/mol. The minimum Gasteiger partial charge on any atom is -0.394 e. The number of thioether (sulfide) groups is 1. The van der Waals surface area contributed by atoms with E-state index in [-0.39, 0.29) is 6.61 Å². The van der Waals surface area contributed by atoms with Crippen LogP contribution >= 0.6 is 11.8 Å². The van der Waals surface area contributed by atoms with Crippen LogP contribution in [0.5, 0.6) is 0 Å². The molecule has 1 aromatic rings. The molecule has 1 atom stereocenters. The molecule has 3 N–H and O–H groups in total. The second-order valence-electron chi connectivity index (χ2n) is 4.53. The van der Waals surface area contributed by atoms with Crippen molar-refractivity contribution in [3.8, 4) is 0 Å². The van der Waals surface area contributed by atoms with Crippen molar-refractivity contribution in [1.82, 2.24) is 0 Å². The Morgan fingerprint density at radius 3 is 2.65 bits per heavy atom. The van der Waals surface area contributed by atoms with Crippen LogP contribution in [-0.2, 0) is 0 Å². The third-order valence-electron chi connectivity index (χ3n) is 3.08. The third-order valence-corrected chi connectivity index (χ3v) is 4.40. The number of hydrogen-bond donors (Lipinski definition) is 2. The summed E-state index contributed by atoms with van der Waals surface area (Å²) in [5.74, 6) is -0.402. The zero-order chi connectivity index (χ0) is 12.5. The molecule has 0 amide bonds. The van der Waals surface area contributed by atoms with Crippen LogP contribution in [0.15, 0.2) is 23.1 Å². The van der Waals surface area contributed by atoms with Crippen molar-refractivity contribution in [2.24, 2.45) is 11.7 Å². The van der Waals surface area contributed by atoms with Gasteiger partial charge in [0.1, 0.15) is 11.6 Å². The van der Waals surface area contributed by atoms with Gasteiger partial charge in [0.15, 0.2) is 0 Å². The summed E-state index contributed by atoms with van der Waals surface area (Å²) in [6.07, 6.45) is 2.03. The molecule has 94 valence electrons. The second kappa shape index (κ2) is 4.92. The van der Waals surface area contributed by atoms with Gasteiger partial charge in [0, 0.05) is 16.7 Å². The van der Waals surface area contributed by atoms with Gasteiger partial charge >= 0.3 is 0 Å². The van der Waals surface area contributed by atoms with Crippen molar-refractivity contribution in [2.75, 3.05) is 12.4 Å². The first-order chi connectivity index (χ1) is 8.05. The first-order valence-electron chi connectivity index (χ1n) is 5.53. The number of benzene rings is 1. The Balaban J connectivity index is 2.01. The van der Waals surface area contributed by atoms with Crippen LogP contribution in [0.25, 0.3) is 0 Å². The van der Waals surface area contributed by atoms with Gasteiger partial charge in [0.25, 0.3) is 0 Å². The van der Waals surface area contributed by atoms with E-state index in [1.54, 1.807) is 0 Å². The smallest absolute Gasteiger partial charge is 0.139 e. The lowest BCUT2D eigenvalue weighted by molar-refractivity contribution is 0.194. The third kappa shape index (κ3) is 2.97. The molecule has 0 bridgehead atoms. The lowest BCUT2D eigenvalue weighted by atomic mass is 9.99. The molecule has 5 heteroatoms. The van der Waals surface area contributed by atoms with E-state index in [4.69, 9.17) is 5.73 Å². The summed E-state index contributed by atoms with van der Waals surface area (Å²) in [5.41, 5.74) is 5.42. The molecule has 0 aromatic heterocycles. The van der Waals surface area contributed by atoms with Crippen molar-refractivity contribution < 1.29 is 13.9 Å². The summed E-state index contributed by atoms with van der Waals surface area (Å²) in [4.78, 5) is 0.371. The number of nitrogens with two attached hydrogens (primary N) is 1. The molecular formula is C12H15F2NOS. The molecule has 1 aliphatic carbocycles. The Kier molecular flexibility index (Phi) is 3.70. The maximum atomic E-state index is 13.4. The minimum absolute atomic E-state index is 0.104. The van der Waals surface area contributed by atoms with Gasteiger partial charge in [-0.15, -0.1) is 11.8 Å². The first-order valence-corrected chi connectivity index (χ1v) is 6.51. The maximum Gasteiger partial charge on any atom is 0.139 e. The van der Waals surface area contributed by atoms with Crippen LogP contribution in [-0.4, -0.2) is 23.0 Å². The monoisotopic (exact) mass is 259 g/mol. The zero-order valence-corrected chi connectivity index (χ0v) is 10.1. The fourth-order valence-corrected chi connectivity index (χ4v) is 2.87. The summed E-state index contributed by atoms with van der Waals surface area (Å²) in [5, 5.41) is 9.30. The number of aliphatic hydroxyl groups excluding tert-OH is 1. The number of rotatable bonds is 5. The molecule has 1 saturated carbocycles. The van der Waals surface area contributed by atoms with Gasteiger partial charge in [-0.05, 0) is 30.9 Å². The molecule has 0 saturated heterocycles. The van der Waals surface area contributed by atoms with E-state index in [1.807, 2.05) is 0 Å². The number of hydrogen-bond acceptors (Lipinski definition) is 3. The number of halogens is 2. The van der Waals surface area contributed by atoms with E-state index >= 15 is 0 Å². The summed E-state index contributed by atoms with van der Waals surface area (Å²) >= 11 is 1.23. The molecule has 1 aliphatic rings. The highest BCUT2D eigenvalue weighted by Crippen LogP contribution is 2.40. The van der Waals surface area contributed by atoms with E-state index < -0.39 is 17.2 Å². The molecular weight excluding hydrogens is 244 g/mol. The molecule has 0 heterocycles. The fraction of sp³-hybridized carbons (Fsp3) is 0.500. The molecule has 1 fully saturated rings. The van der Waals surface area contributed by atoms with E-state index in [9.17, 15) is 13.9 Å². The Bertz CT molecular complexity index is 411. The maximum absolute atomic E-state index is 13.4. The molecule has 2 rings (SSSR count). The highest BCUT2D eigenvalue weighted by Gasteiger charge is 2.41. The Labute approximate surface area is 103 Å². The van der Waals surface area contributed by atoms with Crippen LogP contribution in [0.1, 0.15) is 12.8 Å². The second-order valence-corrected chi connectivity index (χ2v) is 5.55. The standard InChI is InChI=1S/C12H15F2NOS/c13-9-3-4-11(10(14)5-9)17-7-12(15,6-16)8-1-2-8/h3-5,8,16H,1-2,6-7,15H2. The zero-order valence-electron chi connectivity index (χ0n) is 9.33. The normalized spacial score (nSPS) is 19.1. The lowest BCUT2D eigenvalue weighted by Crippen LogP contribution is -2.48. The van der Waals surface area contributed by atoms with Crippen molar-refractivity contribution in [1.29, 1.82) is 0 Å². The molecule has 0 spiro atoms. The van der Waals surface area contributed by atoms with E-state index in [0.717, 1.165) is 18.9 Å². The van der Waals surface area contributed by atoms with E-state index in [2.05, 4.69) is 0 Å². The van der Waals surface area contributed by atoms with Crippen molar-refractivity contribution in [2.45, 2.75) is 23.3 Å². The first kappa shape index (κ1) is 12.8. The molecule has 0 radical (unpaired) electrons.